The Morgan fingerprint density at radius 2 is 1.74 bits per heavy atom. The van der Waals surface area contributed by atoms with E-state index in [0.717, 1.165) is 0 Å². The summed E-state index contributed by atoms with van der Waals surface area (Å²) in [6.07, 6.45) is -0.668. The molecule has 13 heteroatoms. The zero-order valence-electron chi connectivity index (χ0n) is 24.3. The molecule has 43 heavy (non-hydrogen) atoms. The van der Waals surface area contributed by atoms with Crippen LogP contribution in [0.15, 0.2) is 71.6 Å². The number of rotatable bonds is 9. The second-order valence-corrected chi connectivity index (χ2v) is 12.4. The first-order chi connectivity index (χ1) is 20.4. The number of amides is 3. The smallest absolute Gasteiger partial charge is 0.323 e. The number of methoxy groups -OCH3 is 1. The van der Waals surface area contributed by atoms with Gasteiger partial charge in [0.05, 0.1) is 36.8 Å². The molecule has 3 atom stereocenters. The van der Waals surface area contributed by atoms with E-state index < -0.39 is 39.9 Å². The summed E-state index contributed by atoms with van der Waals surface area (Å²) in [5.74, 6) is -0.441. The van der Waals surface area contributed by atoms with E-state index in [1.165, 1.54) is 71.9 Å². The van der Waals surface area contributed by atoms with E-state index in [-0.39, 0.29) is 47.5 Å². The molecule has 11 nitrogen and oxygen atoms in total. The number of nitrogens with one attached hydrogen (secondary N) is 2. The van der Waals surface area contributed by atoms with Crippen LogP contribution in [0.5, 0.6) is 11.5 Å². The second kappa shape index (κ2) is 13.4. The predicted octanol–water partition coefficient (Wildman–Crippen LogP) is 4.02. The van der Waals surface area contributed by atoms with Gasteiger partial charge in [-0.3, -0.25) is 4.79 Å². The first kappa shape index (κ1) is 31.7. The molecule has 0 unspecified atom stereocenters. The van der Waals surface area contributed by atoms with Gasteiger partial charge in [-0.25, -0.2) is 17.6 Å². The summed E-state index contributed by atoms with van der Waals surface area (Å²) in [6, 6.07) is 14.7. The molecule has 1 heterocycles. The molecular formula is C30H35FN4O7S. The Morgan fingerprint density at radius 1 is 1.12 bits per heavy atom. The van der Waals surface area contributed by atoms with Gasteiger partial charge < -0.3 is 30.1 Å². The molecule has 1 aliphatic heterocycles. The molecule has 3 N–H and O–H groups in total. The maximum Gasteiger partial charge on any atom is 0.323 e. The Morgan fingerprint density at radius 3 is 2.37 bits per heavy atom. The van der Waals surface area contributed by atoms with Gasteiger partial charge in [-0.1, -0.05) is 6.92 Å². The number of hydrogen-bond donors (Lipinski definition) is 3. The topological polar surface area (TPSA) is 138 Å². The highest BCUT2D eigenvalue weighted by atomic mass is 32.2. The van der Waals surface area contributed by atoms with Crippen molar-refractivity contribution < 1.29 is 37.0 Å². The number of urea groups is 1. The highest BCUT2D eigenvalue weighted by molar-refractivity contribution is 7.89. The van der Waals surface area contributed by atoms with E-state index in [4.69, 9.17) is 9.47 Å². The normalized spacial score (nSPS) is 17.7. The van der Waals surface area contributed by atoms with Crippen LogP contribution in [0.25, 0.3) is 0 Å². The maximum atomic E-state index is 13.7. The number of likely N-dealkylation sites (N-methyl/N-ethyl adjacent to an activating group) is 1. The number of hydrogen-bond acceptors (Lipinski definition) is 7. The standard InChI is InChI=1S/C30H35FN4O7S/c1-19-16-35(20(2)18-36)29(37)26-15-23(33-30(38)32-22-7-5-21(31)6-8-22)9-14-27(26)42-28(19)17-34(3)43(39,40)25-12-10-24(41-4)11-13-25/h5-15,19-20,28,36H,16-18H2,1-4H3,(H2,32,33,38)/t19-,20+,28+/m1/s1. The average Bonchev–Trinajstić information content (AvgIpc) is 2.99. The Kier molecular flexibility index (Phi) is 9.89. The largest absolute Gasteiger partial charge is 0.497 e. The summed E-state index contributed by atoms with van der Waals surface area (Å²) in [5, 5.41) is 15.1. The summed E-state index contributed by atoms with van der Waals surface area (Å²) in [5.41, 5.74) is 0.798. The molecule has 0 spiro atoms. The van der Waals surface area contributed by atoms with Crippen LogP contribution in [0.2, 0.25) is 0 Å². The van der Waals surface area contributed by atoms with Crippen LogP contribution >= 0.6 is 0 Å². The number of carbonyl (C=O) groups is 2. The molecular weight excluding hydrogens is 579 g/mol. The van der Waals surface area contributed by atoms with Crippen LogP contribution in [0.4, 0.5) is 20.6 Å². The van der Waals surface area contributed by atoms with Crippen molar-refractivity contribution in [3.05, 3.63) is 78.1 Å². The summed E-state index contributed by atoms with van der Waals surface area (Å²) in [4.78, 5) is 27.9. The Hall–Kier alpha value is -4.20. The fourth-order valence-corrected chi connectivity index (χ4v) is 5.81. The van der Waals surface area contributed by atoms with Crippen molar-refractivity contribution in [2.24, 2.45) is 5.92 Å². The number of carbonyl (C=O) groups excluding carboxylic acids is 2. The van der Waals surface area contributed by atoms with Gasteiger partial charge in [0, 0.05) is 30.9 Å². The van der Waals surface area contributed by atoms with Crippen molar-refractivity contribution in [3.8, 4) is 11.5 Å². The molecule has 0 saturated heterocycles. The lowest BCUT2D eigenvalue weighted by Gasteiger charge is -2.38. The number of aliphatic hydroxyl groups is 1. The fourth-order valence-electron chi connectivity index (χ4n) is 4.62. The Labute approximate surface area is 250 Å². The molecule has 3 amide bonds. The minimum atomic E-state index is -3.88. The summed E-state index contributed by atoms with van der Waals surface area (Å²) >= 11 is 0. The van der Waals surface area contributed by atoms with E-state index >= 15 is 0 Å². The molecule has 3 aromatic rings. The van der Waals surface area contributed by atoms with Gasteiger partial charge in [0.2, 0.25) is 10.0 Å². The number of halogens is 1. The number of nitrogens with zero attached hydrogens (tertiary/aromatic N) is 2. The lowest BCUT2D eigenvalue weighted by atomic mass is 9.99. The first-order valence-electron chi connectivity index (χ1n) is 13.6. The van der Waals surface area contributed by atoms with E-state index in [9.17, 15) is 27.5 Å². The summed E-state index contributed by atoms with van der Waals surface area (Å²) in [6.45, 7) is 3.43. The van der Waals surface area contributed by atoms with Crippen molar-refractivity contribution in [2.45, 2.75) is 30.9 Å². The molecule has 0 bridgehead atoms. The quantitative estimate of drug-likeness (QED) is 0.331. The Balaban J connectivity index is 1.60. The van der Waals surface area contributed by atoms with Crippen LogP contribution in [0.1, 0.15) is 24.2 Å². The number of benzene rings is 3. The van der Waals surface area contributed by atoms with Crippen LogP contribution in [0, 0.1) is 11.7 Å². The lowest BCUT2D eigenvalue weighted by molar-refractivity contribution is 0.0387. The highest BCUT2D eigenvalue weighted by Crippen LogP contribution is 2.31. The van der Waals surface area contributed by atoms with E-state index in [1.807, 2.05) is 6.92 Å². The van der Waals surface area contributed by atoms with Gasteiger partial charge in [0.1, 0.15) is 23.4 Å². The maximum absolute atomic E-state index is 13.7. The molecule has 0 aliphatic carbocycles. The summed E-state index contributed by atoms with van der Waals surface area (Å²) < 4.78 is 52.5. The highest BCUT2D eigenvalue weighted by Gasteiger charge is 2.35. The fraction of sp³-hybridized carbons (Fsp3) is 0.333. The SMILES string of the molecule is COc1ccc(S(=O)(=O)N(C)C[C@@H]2Oc3ccc(NC(=O)Nc4ccc(F)cc4)cc3C(=O)N([C@@H](C)CO)C[C@H]2C)cc1. The van der Waals surface area contributed by atoms with E-state index in [1.54, 1.807) is 25.1 Å². The third-order valence-corrected chi connectivity index (χ3v) is 9.07. The number of sulfonamides is 1. The third-order valence-electron chi connectivity index (χ3n) is 7.23. The first-order valence-corrected chi connectivity index (χ1v) is 15.0. The predicted molar refractivity (Wildman–Crippen MR) is 159 cm³/mol. The van der Waals surface area contributed by atoms with E-state index in [2.05, 4.69) is 10.6 Å². The van der Waals surface area contributed by atoms with Crippen LogP contribution < -0.4 is 20.1 Å². The average molecular weight is 615 g/mol. The van der Waals surface area contributed by atoms with Gasteiger partial charge in [-0.05, 0) is 73.7 Å². The number of fused-ring (bicyclic) bond motifs is 1. The van der Waals surface area contributed by atoms with Crippen LogP contribution in [-0.4, -0.2) is 80.7 Å². The van der Waals surface area contributed by atoms with Crippen molar-refractivity contribution in [3.63, 3.8) is 0 Å². The molecule has 4 rings (SSSR count). The second-order valence-electron chi connectivity index (χ2n) is 10.4. The van der Waals surface area contributed by atoms with Crippen molar-refractivity contribution >= 4 is 33.3 Å². The third kappa shape index (κ3) is 7.42. The van der Waals surface area contributed by atoms with Crippen LogP contribution in [-0.2, 0) is 10.0 Å². The minimum absolute atomic E-state index is 0.0232. The van der Waals surface area contributed by atoms with Crippen molar-refractivity contribution in [1.82, 2.24) is 9.21 Å². The lowest BCUT2D eigenvalue weighted by Crippen LogP contribution is -2.50. The van der Waals surface area contributed by atoms with Gasteiger partial charge in [0.25, 0.3) is 5.91 Å². The molecule has 1 aliphatic rings. The molecule has 0 radical (unpaired) electrons. The van der Waals surface area contributed by atoms with Gasteiger partial charge in [-0.2, -0.15) is 4.31 Å². The molecule has 3 aromatic carbocycles. The molecule has 0 fully saturated rings. The molecule has 230 valence electrons. The molecule has 0 saturated carbocycles. The number of aliphatic hydroxyl groups excluding tert-OH is 1. The molecule has 0 aromatic heterocycles. The summed E-state index contributed by atoms with van der Waals surface area (Å²) in [7, 11) is -0.923. The zero-order chi connectivity index (χ0) is 31.3. The van der Waals surface area contributed by atoms with Gasteiger partial charge in [-0.15, -0.1) is 0 Å². The van der Waals surface area contributed by atoms with E-state index in [0.29, 0.717) is 11.4 Å². The van der Waals surface area contributed by atoms with Crippen molar-refractivity contribution in [2.75, 3.05) is 44.5 Å². The number of ether oxygens (including phenoxy) is 2. The van der Waals surface area contributed by atoms with Gasteiger partial charge in [0.15, 0.2) is 0 Å². The number of anilines is 2. The Bertz CT molecular complexity index is 1550. The van der Waals surface area contributed by atoms with Gasteiger partial charge >= 0.3 is 6.03 Å². The minimum Gasteiger partial charge on any atom is -0.497 e. The van der Waals surface area contributed by atoms with Crippen molar-refractivity contribution in [1.29, 1.82) is 0 Å². The monoisotopic (exact) mass is 614 g/mol. The zero-order valence-corrected chi connectivity index (χ0v) is 25.1. The van der Waals surface area contributed by atoms with Crippen LogP contribution in [0.3, 0.4) is 0 Å².